The SMILES string of the molecule is Cc1cc(F)cc(NC(=O)CCC2CCNC2)c1.Cl. The summed E-state index contributed by atoms with van der Waals surface area (Å²) in [5.74, 6) is 0.252. The average Bonchev–Trinajstić information content (AvgIpc) is 2.77. The van der Waals surface area contributed by atoms with E-state index in [1.54, 1.807) is 6.07 Å². The molecule has 0 aliphatic carbocycles. The van der Waals surface area contributed by atoms with E-state index in [9.17, 15) is 9.18 Å². The first kappa shape index (κ1) is 15.9. The van der Waals surface area contributed by atoms with Gasteiger partial charge in [0.05, 0.1) is 0 Å². The van der Waals surface area contributed by atoms with Crippen molar-refractivity contribution < 1.29 is 9.18 Å². The lowest BCUT2D eigenvalue weighted by Crippen LogP contribution is -2.15. The number of anilines is 1. The van der Waals surface area contributed by atoms with Crippen LogP contribution >= 0.6 is 12.4 Å². The van der Waals surface area contributed by atoms with Crippen molar-refractivity contribution in [3.63, 3.8) is 0 Å². The molecule has 0 saturated carbocycles. The summed E-state index contributed by atoms with van der Waals surface area (Å²) in [5, 5.41) is 6.03. The summed E-state index contributed by atoms with van der Waals surface area (Å²) in [4.78, 5) is 11.7. The second kappa shape index (κ2) is 7.46. The van der Waals surface area contributed by atoms with Gasteiger partial charge in [-0.2, -0.15) is 0 Å². The molecule has 1 aromatic carbocycles. The minimum Gasteiger partial charge on any atom is -0.326 e. The van der Waals surface area contributed by atoms with E-state index in [1.807, 2.05) is 6.92 Å². The number of rotatable bonds is 4. The Morgan fingerprint density at radius 3 is 2.89 bits per heavy atom. The topological polar surface area (TPSA) is 41.1 Å². The van der Waals surface area contributed by atoms with Gasteiger partial charge >= 0.3 is 0 Å². The summed E-state index contributed by atoms with van der Waals surface area (Å²) in [6.07, 6.45) is 2.54. The number of benzene rings is 1. The Kier molecular flexibility index (Phi) is 6.25. The number of amides is 1. The quantitative estimate of drug-likeness (QED) is 0.894. The van der Waals surface area contributed by atoms with Gasteiger partial charge in [-0.05, 0) is 62.5 Å². The highest BCUT2D eigenvalue weighted by Crippen LogP contribution is 2.16. The summed E-state index contributed by atoms with van der Waals surface area (Å²) in [5.41, 5.74) is 1.35. The van der Waals surface area contributed by atoms with Crippen LogP contribution in [-0.4, -0.2) is 19.0 Å². The second-order valence-electron chi connectivity index (χ2n) is 4.96. The monoisotopic (exact) mass is 286 g/mol. The summed E-state index contributed by atoms with van der Waals surface area (Å²) >= 11 is 0. The minimum absolute atomic E-state index is 0. The fraction of sp³-hybridized carbons (Fsp3) is 0.500. The molecule has 0 radical (unpaired) electrons. The Morgan fingerprint density at radius 1 is 1.47 bits per heavy atom. The molecular weight excluding hydrogens is 267 g/mol. The maximum Gasteiger partial charge on any atom is 0.224 e. The lowest BCUT2D eigenvalue weighted by Gasteiger charge is -2.09. The number of aryl methyl sites for hydroxylation is 1. The van der Waals surface area contributed by atoms with E-state index in [2.05, 4.69) is 10.6 Å². The highest BCUT2D eigenvalue weighted by Gasteiger charge is 2.15. The first-order valence-electron chi connectivity index (χ1n) is 6.41. The van der Waals surface area contributed by atoms with Crippen molar-refractivity contribution >= 4 is 24.0 Å². The van der Waals surface area contributed by atoms with E-state index < -0.39 is 0 Å². The van der Waals surface area contributed by atoms with Gasteiger partial charge in [-0.3, -0.25) is 4.79 Å². The Bertz CT molecular complexity index is 413. The van der Waals surface area contributed by atoms with Crippen molar-refractivity contribution in [2.45, 2.75) is 26.2 Å². The zero-order valence-corrected chi connectivity index (χ0v) is 11.9. The van der Waals surface area contributed by atoms with E-state index in [4.69, 9.17) is 0 Å². The fourth-order valence-electron chi connectivity index (χ4n) is 2.33. The molecule has 0 aromatic heterocycles. The van der Waals surface area contributed by atoms with E-state index in [0.717, 1.165) is 31.5 Å². The van der Waals surface area contributed by atoms with Crippen molar-refractivity contribution in [3.8, 4) is 0 Å². The Balaban J connectivity index is 0.00000180. The molecule has 0 spiro atoms. The van der Waals surface area contributed by atoms with Gasteiger partial charge in [0.25, 0.3) is 0 Å². The number of carbonyl (C=O) groups is 1. The highest BCUT2D eigenvalue weighted by molar-refractivity contribution is 5.90. The van der Waals surface area contributed by atoms with Gasteiger partial charge in [-0.1, -0.05) is 0 Å². The van der Waals surface area contributed by atoms with Crippen LogP contribution in [0.15, 0.2) is 18.2 Å². The van der Waals surface area contributed by atoms with Crippen molar-refractivity contribution in [1.29, 1.82) is 0 Å². The molecule has 1 heterocycles. The maximum absolute atomic E-state index is 13.2. The number of hydrogen-bond acceptors (Lipinski definition) is 2. The van der Waals surface area contributed by atoms with Crippen LogP contribution in [0.3, 0.4) is 0 Å². The van der Waals surface area contributed by atoms with Gasteiger partial charge in [0.15, 0.2) is 0 Å². The first-order valence-corrected chi connectivity index (χ1v) is 6.41. The summed E-state index contributed by atoms with van der Waals surface area (Å²) in [6.45, 7) is 3.87. The van der Waals surface area contributed by atoms with Crippen LogP contribution in [-0.2, 0) is 4.79 Å². The predicted molar refractivity (Wildman–Crippen MR) is 77.2 cm³/mol. The molecule has 1 amide bonds. The molecule has 1 aromatic rings. The molecule has 106 valence electrons. The fourth-order valence-corrected chi connectivity index (χ4v) is 2.33. The molecule has 2 rings (SSSR count). The van der Waals surface area contributed by atoms with Gasteiger partial charge in [0.1, 0.15) is 5.82 Å². The van der Waals surface area contributed by atoms with Crippen LogP contribution in [0, 0.1) is 18.7 Å². The molecular formula is C14H20ClFN2O. The third-order valence-corrected chi connectivity index (χ3v) is 3.27. The van der Waals surface area contributed by atoms with Crippen LogP contribution < -0.4 is 10.6 Å². The van der Waals surface area contributed by atoms with Crippen molar-refractivity contribution in [1.82, 2.24) is 5.32 Å². The Morgan fingerprint density at radius 2 is 2.26 bits per heavy atom. The molecule has 1 aliphatic heterocycles. The minimum atomic E-state index is -0.315. The molecule has 3 nitrogen and oxygen atoms in total. The van der Waals surface area contributed by atoms with Crippen molar-refractivity contribution in [2.24, 2.45) is 5.92 Å². The van der Waals surface area contributed by atoms with Crippen LogP contribution in [0.25, 0.3) is 0 Å². The lowest BCUT2D eigenvalue weighted by atomic mass is 10.0. The molecule has 2 N–H and O–H groups in total. The lowest BCUT2D eigenvalue weighted by molar-refractivity contribution is -0.116. The van der Waals surface area contributed by atoms with E-state index >= 15 is 0 Å². The molecule has 1 fully saturated rings. The summed E-state index contributed by atoms with van der Waals surface area (Å²) in [7, 11) is 0. The molecule has 1 aliphatic rings. The third-order valence-electron chi connectivity index (χ3n) is 3.27. The van der Waals surface area contributed by atoms with Crippen LogP contribution in [0.1, 0.15) is 24.8 Å². The van der Waals surface area contributed by atoms with Crippen LogP contribution in [0.5, 0.6) is 0 Å². The van der Waals surface area contributed by atoms with Crippen molar-refractivity contribution in [2.75, 3.05) is 18.4 Å². The predicted octanol–water partition coefficient (Wildman–Crippen LogP) is 2.88. The van der Waals surface area contributed by atoms with Gasteiger partial charge < -0.3 is 10.6 Å². The number of carbonyl (C=O) groups excluding carboxylic acids is 1. The van der Waals surface area contributed by atoms with E-state index in [-0.39, 0.29) is 24.1 Å². The normalized spacial score (nSPS) is 17.9. The number of halogens is 2. The molecule has 1 unspecified atom stereocenters. The highest BCUT2D eigenvalue weighted by atomic mass is 35.5. The second-order valence-corrected chi connectivity index (χ2v) is 4.96. The molecule has 5 heteroatoms. The Labute approximate surface area is 119 Å². The van der Waals surface area contributed by atoms with Crippen LogP contribution in [0.4, 0.5) is 10.1 Å². The van der Waals surface area contributed by atoms with Gasteiger partial charge in [0.2, 0.25) is 5.91 Å². The first-order chi connectivity index (χ1) is 8.63. The molecule has 1 atom stereocenters. The zero-order valence-electron chi connectivity index (χ0n) is 11.0. The zero-order chi connectivity index (χ0) is 13.0. The van der Waals surface area contributed by atoms with Crippen LogP contribution in [0.2, 0.25) is 0 Å². The summed E-state index contributed by atoms with van der Waals surface area (Å²) in [6, 6.07) is 4.57. The molecule has 1 saturated heterocycles. The van der Waals surface area contributed by atoms with Gasteiger partial charge in [0, 0.05) is 12.1 Å². The average molecular weight is 287 g/mol. The largest absolute Gasteiger partial charge is 0.326 e. The number of nitrogens with one attached hydrogen (secondary N) is 2. The standard InChI is InChI=1S/C14H19FN2O.ClH/c1-10-6-12(15)8-13(7-10)17-14(18)3-2-11-4-5-16-9-11;/h6-8,11,16H,2-5,9H2,1H3,(H,17,18);1H. The Hall–Kier alpha value is -1.13. The van der Waals surface area contributed by atoms with E-state index in [0.29, 0.717) is 18.0 Å². The smallest absolute Gasteiger partial charge is 0.224 e. The molecule has 19 heavy (non-hydrogen) atoms. The molecule has 0 bridgehead atoms. The summed E-state index contributed by atoms with van der Waals surface area (Å²) < 4.78 is 13.2. The van der Waals surface area contributed by atoms with Crippen molar-refractivity contribution in [3.05, 3.63) is 29.6 Å². The van der Waals surface area contributed by atoms with Gasteiger partial charge in [-0.25, -0.2) is 4.39 Å². The number of hydrogen-bond donors (Lipinski definition) is 2. The van der Waals surface area contributed by atoms with Gasteiger partial charge in [-0.15, -0.1) is 12.4 Å². The van der Waals surface area contributed by atoms with E-state index in [1.165, 1.54) is 12.1 Å². The maximum atomic E-state index is 13.2. The third kappa shape index (κ3) is 5.17.